The second-order valence-corrected chi connectivity index (χ2v) is 6.67. The Balaban J connectivity index is 1.93. The van der Waals surface area contributed by atoms with Crippen LogP contribution in [0.2, 0.25) is 0 Å². The molecule has 0 aromatic rings. The molecule has 2 fully saturated rings. The van der Waals surface area contributed by atoms with Crippen LogP contribution in [0.15, 0.2) is 0 Å². The molecule has 1 amide bonds. The summed E-state index contributed by atoms with van der Waals surface area (Å²) in [6.45, 7) is 9.48. The Morgan fingerprint density at radius 1 is 1.26 bits per heavy atom. The van der Waals surface area contributed by atoms with Crippen molar-refractivity contribution in [1.29, 1.82) is 0 Å². The standard InChI is InChI=1S/C14H27N3O2/c1-14(2,3)19-13(18)17-11-5-6-12(17)10-16(9-11)8-4-7-15/h11-12H,4-10,15H2,1-3H3. The molecule has 2 heterocycles. The molecule has 2 aliphatic rings. The zero-order chi connectivity index (χ0) is 14.0. The Bertz CT molecular complexity index is 313. The zero-order valence-electron chi connectivity index (χ0n) is 12.4. The predicted octanol–water partition coefficient (Wildman–Crippen LogP) is 1.42. The van der Waals surface area contributed by atoms with E-state index in [4.69, 9.17) is 10.5 Å². The highest BCUT2D eigenvalue weighted by Crippen LogP contribution is 2.31. The summed E-state index contributed by atoms with van der Waals surface area (Å²) >= 11 is 0. The zero-order valence-corrected chi connectivity index (χ0v) is 12.4. The largest absolute Gasteiger partial charge is 0.444 e. The minimum Gasteiger partial charge on any atom is -0.444 e. The molecule has 0 aromatic carbocycles. The SMILES string of the molecule is CC(C)(C)OC(=O)N1C2CCC1CN(CCCN)C2. The van der Waals surface area contributed by atoms with Crippen molar-refractivity contribution in [1.82, 2.24) is 9.80 Å². The smallest absolute Gasteiger partial charge is 0.410 e. The van der Waals surface area contributed by atoms with Crippen LogP contribution in [0.3, 0.4) is 0 Å². The molecule has 19 heavy (non-hydrogen) atoms. The van der Waals surface area contributed by atoms with Crippen molar-refractivity contribution in [2.24, 2.45) is 5.73 Å². The molecule has 110 valence electrons. The first-order valence-corrected chi connectivity index (χ1v) is 7.34. The number of hydrogen-bond donors (Lipinski definition) is 1. The maximum atomic E-state index is 12.3. The minimum absolute atomic E-state index is 0.140. The van der Waals surface area contributed by atoms with Gasteiger partial charge in [-0.1, -0.05) is 0 Å². The summed E-state index contributed by atoms with van der Waals surface area (Å²) in [5.41, 5.74) is 5.15. The van der Waals surface area contributed by atoms with E-state index < -0.39 is 5.60 Å². The van der Waals surface area contributed by atoms with Crippen LogP contribution in [-0.2, 0) is 4.74 Å². The molecule has 5 heteroatoms. The van der Waals surface area contributed by atoms with Gasteiger partial charge in [0.25, 0.3) is 0 Å². The van der Waals surface area contributed by atoms with Crippen molar-refractivity contribution < 1.29 is 9.53 Å². The summed E-state index contributed by atoms with van der Waals surface area (Å²) in [5, 5.41) is 0. The fourth-order valence-corrected chi connectivity index (χ4v) is 3.10. The number of hydrogen-bond acceptors (Lipinski definition) is 4. The summed E-state index contributed by atoms with van der Waals surface area (Å²) in [6.07, 6.45) is 3.09. The minimum atomic E-state index is -0.410. The van der Waals surface area contributed by atoms with Crippen LogP contribution >= 0.6 is 0 Å². The van der Waals surface area contributed by atoms with E-state index in [1.54, 1.807) is 0 Å². The van der Waals surface area contributed by atoms with Gasteiger partial charge in [0.2, 0.25) is 0 Å². The Labute approximate surface area is 116 Å². The summed E-state index contributed by atoms with van der Waals surface area (Å²) in [4.78, 5) is 16.7. The average Bonchev–Trinajstić information content (AvgIpc) is 2.56. The number of nitrogens with two attached hydrogens (primary N) is 1. The van der Waals surface area contributed by atoms with Gasteiger partial charge in [0.05, 0.1) is 0 Å². The van der Waals surface area contributed by atoms with Crippen LogP contribution in [-0.4, -0.2) is 59.8 Å². The van der Waals surface area contributed by atoms with Gasteiger partial charge in [0, 0.05) is 25.2 Å². The Hall–Kier alpha value is -0.810. The molecule has 2 aliphatic heterocycles. The molecule has 0 radical (unpaired) electrons. The number of nitrogens with zero attached hydrogens (tertiary/aromatic N) is 2. The van der Waals surface area contributed by atoms with Gasteiger partial charge in [-0.15, -0.1) is 0 Å². The number of carbonyl (C=O) groups is 1. The van der Waals surface area contributed by atoms with E-state index in [2.05, 4.69) is 4.90 Å². The number of amides is 1. The van der Waals surface area contributed by atoms with Crippen molar-refractivity contribution in [3.63, 3.8) is 0 Å². The predicted molar refractivity (Wildman–Crippen MR) is 75.0 cm³/mol. The number of carbonyl (C=O) groups excluding carboxylic acids is 1. The van der Waals surface area contributed by atoms with Crippen LogP contribution in [0, 0.1) is 0 Å². The first-order chi connectivity index (χ1) is 8.90. The van der Waals surface area contributed by atoms with Gasteiger partial charge in [0.1, 0.15) is 5.60 Å². The van der Waals surface area contributed by atoms with Gasteiger partial charge in [-0.2, -0.15) is 0 Å². The maximum absolute atomic E-state index is 12.3. The lowest BCUT2D eigenvalue weighted by Crippen LogP contribution is -2.56. The van der Waals surface area contributed by atoms with Gasteiger partial charge in [-0.3, -0.25) is 9.80 Å². The highest BCUT2D eigenvalue weighted by molar-refractivity contribution is 5.69. The number of fused-ring (bicyclic) bond motifs is 2. The lowest BCUT2D eigenvalue weighted by molar-refractivity contribution is -0.00438. The Morgan fingerprint density at radius 3 is 2.32 bits per heavy atom. The number of likely N-dealkylation sites (tertiary alicyclic amines) is 1. The van der Waals surface area contributed by atoms with E-state index in [0.29, 0.717) is 12.1 Å². The molecule has 0 spiro atoms. The molecule has 0 aliphatic carbocycles. The Kier molecular flexibility index (Phi) is 4.36. The van der Waals surface area contributed by atoms with Gasteiger partial charge >= 0.3 is 6.09 Å². The third-order valence-electron chi connectivity index (χ3n) is 3.84. The average molecular weight is 269 g/mol. The van der Waals surface area contributed by atoms with Gasteiger partial charge in [0.15, 0.2) is 0 Å². The fourth-order valence-electron chi connectivity index (χ4n) is 3.10. The summed E-state index contributed by atoms with van der Waals surface area (Å²) in [7, 11) is 0. The summed E-state index contributed by atoms with van der Waals surface area (Å²) < 4.78 is 5.52. The van der Waals surface area contributed by atoms with Crippen molar-refractivity contribution >= 4 is 6.09 Å². The molecule has 2 bridgehead atoms. The van der Waals surface area contributed by atoms with Crippen molar-refractivity contribution in [3.05, 3.63) is 0 Å². The van der Waals surface area contributed by atoms with Gasteiger partial charge in [-0.25, -0.2) is 4.79 Å². The quantitative estimate of drug-likeness (QED) is 0.842. The lowest BCUT2D eigenvalue weighted by Gasteiger charge is -2.41. The van der Waals surface area contributed by atoms with Gasteiger partial charge in [-0.05, 0) is 53.1 Å². The molecule has 2 rings (SSSR count). The molecule has 2 unspecified atom stereocenters. The number of rotatable bonds is 3. The fraction of sp³-hybridized carbons (Fsp3) is 0.929. The van der Waals surface area contributed by atoms with Gasteiger partial charge < -0.3 is 10.5 Å². The molecular weight excluding hydrogens is 242 g/mol. The van der Waals surface area contributed by atoms with E-state index in [1.165, 1.54) is 0 Å². The third kappa shape index (κ3) is 3.60. The second-order valence-electron chi connectivity index (χ2n) is 6.67. The third-order valence-corrected chi connectivity index (χ3v) is 3.84. The van der Waals surface area contributed by atoms with Crippen LogP contribution < -0.4 is 5.73 Å². The van der Waals surface area contributed by atoms with E-state index in [1.807, 2.05) is 25.7 Å². The van der Waals surface area contributed by atoms with Crippen LogP contribution in [0.4, 0.5) is 4.79 Å². The molecule has 2 saturated heterocycles. The maximum Gasteiger partial charge on any atom is 0.410 e. The molecular formula is C14H27N3O2. The van der Waals surface area contributed by atoms with Crippen LogP contribution in [0.25, 0.3) is 0 Å². The topological polar surface area (TPSA) is 58.8 Å². The highest BCUT2D eigenvalue weighted by Gasteiger charge is 2.43. The van der Waals surface area contributed by atoms with E-state index in [9.17, 15) is 4.79 Å². The molecule has 0 saturated carbocycles. The second kappa shape index (κ2) is 5.67. The summed E-state index contributed by atoms with van der Waals surface area (Å²) in [5.74, 6) is 0. The highest BCUT2D eigenvalue weighted by atomic mass is 16.6. The first-order valence-electron chi connectivity index (χ1n) is 7.34. The van der Waals surface area contributed by atoms with Crippen molar-refractivity contribution in [2.75, 3.05) is 26.2 Å². The van der Waals surface area contributed by atoms with E-state index in [-0.39, 0.29) is 6.09 Å². The number of piperazine rings is 1. The van der Waals surface area contributed by atoms with E-state index >= 15 is 0 Å². The molecule has 2 atom stereocenters. The van der Waals surface area contributed by atoms with Crippen molar-refractivity contribution in [3.8, 4) is 0 Å². The first kappa shape index (κ1) is 14.6. The molecule has 2 N–H and O–H groups in total. The lowest BCUT2D eigenvalue weighted by atomic mass is 10.2. The molecule has 0 aromatic heterocycles. The van der Waals surface area contributed by atoms with Crippen LogP contribution in [0.1, 0.15) is 40.0 Å². The Morgan fingerprint density at radius 2 is 1.84 bits per heavy atom. The number of ether oxygens (including phenoxy) is 1. The summed E-state index contributed by atoms with van der Waals surface area (Å²) in [6, 6.07) is 0.651. The van der Waals surface area contributed by atoms with E-state index in [0.717, 1.165) is 45.4 Å². The normalized spacial score (nSPS) is 27.7. The van der Waals surface area contributed by atoms with Crippen LogP contribution in [0.5, 0.6) is 0 Å². The molecule has 5 nitrogen and oxygen atoms in total. The van der Waals surface area contributed by atoms with Crippen molar-refractivity contribution in [2.45, 2.75) is 57.7 Å². The monoisotopic (exact) mass is 269 g/mol.